The van der Waals surface area contributed by atoms with Crippen LogP contribution < -0.4 is 0 Å². The molecule has 6 heteroatoms. The van der Waals surface area contributed by atoms with Gasteiger partial charge in [0.15, 0.2) is 0 Å². The van der Waals surface area contributed by atoms with Crippen LogP contribution in [0.5, 0.6) is 0 Å². The predicted octanol–water partition coefficient (Wildman–Crippen LogP) is 6.57. The third-order valence-corrected chi connectivity index (χ3v) is 3.79. The second-order valence-electron chi connectivity index (χ2n) is 4.16. The average Bonchev–Trinajstić information content (AvgIpc) is 2.35. The second kappa shape index (κ2) is 5.96. The summed E-state index contributed by atoms with van der Waals surface area (Å²) < 4.78 is 38.1. The molecule has 0 bridgehead atoms. The summed E-state index contributed by atoms with van der Waals surface area (Å²) in [5, 5.41) is 1.18. The van der Waals surface area contributed by atoms with Crippen molar-refractivity contribution in [2.75, 3.05) is 0 Å². The van der Waals surface area contributed by atoms with Gasteiger partial charge in [0.05, 0.1) is 5.56 Å². The van der Waals surface area contributed by atoms with Gasteiger partial charge in [0.2, 0.25) is 0 Å². The smallest absolute Gasteiger partial charge is 0.166 e. The molecule has 0 spiro atoms. The average molecular weight is 384 g/mol. The van der Waals surface area contributed by atoms with E-state index in [4.69, 9.17) is 23.2 Å². The van der Waals surface area contributed by atoms with Crippen molar-refractivity contribution in [3.05, 3.63) is 57.6 Å². The van der Waals surface area contributed by atoms with Crippen LogP contribution in [-0.4, -0.2) is 0 Å². The van der Waals surface area contributed by atoms with Crippen molar-refractivity contribution in [1.29, 1.82) is 0 Å². The Labute approximate surface area is 132 Å². The van der Waals surface area contributed by atoms with Crippen LogP contribution in [0.2, 0.25) is 10.0 Å². The van der Waals surface area contributed by atoms with E-state index in [9.17, 15) is 13.2 Å². The van der Waals surface area contributed by atoms with E-state index < -0.39 is 11.7 Å². The third kappa shape index (κ3) is 3.48. The summed E-state index contributed by atoms with van der Waals surface area (Å²) >= 11 is 15.1. The molecule has 0 atom stereocenters. The molecule has 0 amide bonds. The Morgan fingerprint density at radius 1 is 0.950 bits per heavy atom. The van der Waals surface area contributed by atoms with Crippen LogP contribution in [0, 0.1) is 0 Å². The molecule has 106 valence electrons. The zero-order valence-corrected chi connectivity index (χ0v) is 13.0. The van der Waals surface area contributed by atoms with E-state index in [1.807, 2.05) is 0 Å². The van der Waals surface area contributed by atoms with Crippen molar-refractivity contribution in [3.63, 3.8) is 0 Å². The Hall–Kier alpha value is -0.710. The molecule has 2 aromatic carbocycles. The number of hydrogen-bond acceptors (Lipinski definition) is 0. The maximum atomic E-state index is 12.7. The van der Waals surface area contributed by atoms with Crippen molar-refractivity contribution >= 4 is 39.1 Å². The van der Waals surface area contributed by atoms with Crippen LogP contribution >= 0.6 is 39.1 Å². The van der Waals surface area contributed by atoms with Gasteiger partial charge in [-0.25, -0.2) is 0 Å². The van der Waals surface area contributed by atoms with E-state index in [1.54, 1.807) is 18.2 Å². The van der Waals surface area contributed by atoms with E-state index >= 15 is 0 Å². The Morgan fingerprint density at radius 3 is 2.05 bits per heavy atom. The highest BCUT2D eigenvalue weighted by Gasteiger charge is 2.30. The monoisotopic (exact) mass is 382 g/mol. The Bertz CT molecular complexity index is 619. The topological polar surface area (TPSA) is 0 Å². The van der Waals surface area contributed by atoms with Gasteiger partial charge in [-0.1, -0.05) is 45.2 Å². The molecular formula is C14H8BrCl2F3. The Morgan fingerprint density at radius 2 is 1.55 bits per heavy atom. The van der Waals surface area contributed by atoms with Gasteiger partial charge in [-0.15, -0.1) is 0 Å². The lowest BCUT2D eigenvalue weighted by Gasteiger charge is -2.13. The molecule has 0 nitrogen and oxygen atoms in total. The number of benzene rings is 2. The minimum atomic E-state index is -4.36. The van der Waals surface area contributed by atoms with Crippen LogP contribution in [0.3, 0.4) is 0 Å². The van der Waals surface area contributed by atoms with Crippen molar-refractivity contribution in [1.82, 2.24) is 0 Å². The van der Waals surface area contributed by atoms with Gasteiger partial charge < -0.3 is 0 Å². The third-order valence-electron chi connectivity index (χ3n) is 2.75. The Kier molecular flexibility index (Phi) is 4.67. The van der Waals surface area contributed by atoms with Crippen LogP contribution in [0.1, 0.15) is 11.1 Å². The first-order chi connectivity index (χ1) is 9.31. The van der Waals surface area contributed by atoms with Gasteiger partial charge in [-0.05, 0) is 47.0 Å². The quantitative estimate of drug-likeness (QED) is 0.514. The molecule has 20 heavy (non-hydrogen) atoms. The summed E-state index contributed by atoms with van der Waals surface area (Å²) in [6.07, 6.45) is -4.36. The lowest BCUT2D eigenvalue weighted by atomic mass is 9.98. The molecular weight excluding hydrogens is 376 g/mol. The largest absolute Gasteiger partial charge is 0.416 e. The number of alkyl halides is 4. The molecule has 2 rings (SSSR count). The van der Waals surface area contributed by atoms with Crippen LogP contribution in [0.25, 0.3) is 11.1 Å². The molecule has 0 fully saturated rings. The van der Waals surface area contributed by atoms with Crippen molar-refractivity contribution in [3.8, 4) is 11.1 Å². The highest BCUT2D eigenvalue weighted by Crippen LogP contribution is 2.35. The fourth-order valence-electron chi connectivity index (χ4n) is 1.87. The first-order valence-electron chi connectivity index (χ1n) is 5.54. The maximum Gasteiger partial charge on any atom is 0.416 e. The molecule has 0 aliphatic rings. The van der Waals surface area contributed by atoms with E-state index in [0.29, 0.717) is 32.1 Å². The molecule has 2 aromatic rings. The molecule has 0 saturated heterocycles. The van der Waals surface area contributed by atoms with Gasteiger partial charge in [0, 0.05) is 15.4 Å². The van der Waals surface area contributed by atoms with Crippen LogP contribution in [-0.2, 0) is 11.5 Å². The Balaban J connectivity index is 2.57. The van der Waals surface area contributed by atoms with Crippen molar-refractivity contribution in [2.45, 2.75) is 11.5 Å². The van der Waals surface area contributed by atoms with Crippen LogP contribution in [0.4, 0.5) is 13.2 Å². The number of halogens is 6. The zero-order valence-electron chi connectivity index (χ0n) is 9.94. The minimum Gasteiger partial charge on any atom is -0.166 e. The summed E-state index contributed by atoms with van der Waals surface area (Å²) in [7, 11) is 0. The normalized spacial score (nSPS) is 11.7. The lowest BCUT2D eigenvalue weighted by Crippen LogP contribution is -2.05. The van der Waals surface area contributed by atoms with Gasteiger partial charge in [-0.2, -0.15) is 13.2 Å². The standard InChI is InChI=1S/C14H8BrCl2F3/c15-7-9-3-10(14(18,19)20)1-2-13(9)8-4-11(16)6-12(17)5-8/h1-6H,7H2. The molecule has 0 heterocycles. The lowest BCUT2D eigenvalue weighted by molar-refractivity contribution is -0.137. The molecule has 0 aliphatic heterocycles. The molecule has 0 aliphatic carbocycles. The summed E-state index contributed by atoms with van der Waals surface area (Å²) in [6.45, 7) is 0. The van der Waals surface area contributed by atoms with Gasteiger partial charge in [0.1, 0.15) is 0 Å². The highest BCUT2D eigenvalue weighted by atomic mass is 79.9. The van der Waals surface area contributed by atoms with Gasteiger partial charge in [-0.3, -0.25) is 0 Å². The first-order valence-corrected chi connectivity index (χ1v) is 7.41. The maximum absolute atomic E-state index is 12.7. The summed E-state index contributed by atoms with van der Waals surface area (Å²) in [6, 6.07) is 8.52. The molecule has 0 saturated carbocycles. The zero-order chi connectivity index (χ0) is 14.9. The number of rotatable bonds is 2. The molecule has 0 aromatic heterocycles. The molecule has 0 unspecified atom stereocenters. The molecule has 0 radical (unpaired) electrons. The highest BCUT2D eigenvalue weighted by molar-refractivity contribution is 9.08. The summed E-state index contributed by atoms with van der Waals surface area (Å²) in [5.41, 5.74) is 1.20. The molecule has 0 N–H and O–H groups in total. The van der Waals surface area contributed by atoms with E-state index in [-0.39, 0.29) is 0 Å². The fraction of sp³-hybridized carbons (Fsp3) is 0.143. The number of hydrogen-bond donors (Lipinski definition) is 0. The fourth-order valence-corrected chi connectivity index (χ4v) is 2.86. The van der Waals surface area contributed by atoms with Crippen LogP contribution in [0.15, 0.2) is 36.4 Å². The van der Waals surface area contributed by atoms with Crippen molar-refractivity contribution < 1.29 is 13.2 Å². The van der Waals surface area contributed by atoms with Gasteiger partial charge in [0.25, 0.3) is 0 Å². The minimum absolute atomic E-state index is 0.302. The first kappa shape index (κ1) is 15.7. The van der Waals surface area contributed by atoms with E-state index in [1.165, 1.54) is 6.07 Å². The van der Waals surface area contributed by atoms with E-state index in [0.717, 1.165) is 12.1 Å². The van der Waals surface area contributed by atoms with Gasteiger partial charge >= 0.3 is 6.18 Å². The summed E-state index contributed by atoms with van der Waals surface area (Å²) in [4.78, 5) is 0. The van der Waals surface area contributed by atoms with E-state index in [2.05, 4.69) is 15.9 Å². The summed E-state index contributed by atoms with van der Waals surface area (Å²) in [5.74, 6) is 0. The van der Waals surface area contributed by atoms with Crippen molar-refractivity contribution in [2.24, 2.45) is 0 Å². The SMILES string of the molecule is FC(F)(F)c1ccc(-c2cc(Cl)cc(Cl)c2)c(CBr)c1. The second-order valence-corrected chi connectivity index (χ2v) is 5.60. The predicted molar refractivity (Wildman–Crippen MR) is 79.5 cm³/mol.